The fourth-order valence-corrected chi connectivity index (χ4v) is 3.55. The summed E-state index contributed by atoms with van der Waals surface area (Å²) >= 11 is 0. The smallest absolute Gasteiger partial charge is 0.315 e. The van der Waals surface area contributed by atoms with Crippen molar-refractivity contribution in [3.05, 3.63) is 0 Å². The van der Waals surface area contributed by atoms with E-state index in [1.807, 2.05) is 0 Å². The van der Waals surface area contributed by atoms with E-state index >= 15 is 0 Å². The molecule has 0 radical (unpaired) electrons. The Kier molecular flexibility index (Phi) is 6.45. The van der Waals surface area contributed by atoms with Crippen LogP contribution in [0.2, 0.25) is 0 Å². The van der Waals surface area contributed by atoms with Crippen LogP contribution in [0.3, 0.4) is 0 Å². The average Bonchev–Trinajstić information content (AvgIpc) is 2.26. The molecule has 0 aromatic rings. The van der Waals surface area contributed by atoms with Crippen LogP contribution in [0.15, 0.2) is 0 Å². The van der Waals surface area contributed by atoms with Crippen LogP contribution in [-0.4, -0.2) is 44.9 Å². The van der Waals surface area contributed by atoms with Crippen molar-refractivity contribution in [2.45, 2.75) is 57.0 Å². The maximum Gasteiger partial charge on any atom is 0.315 e. The third kappa shape index (κ3) is 5.90. The molecule has 0 aromatic carbocycles. The van der Waals surface area contributed by atoms with E-state index in [4.69, 9.17) is 5.11 Å². The topological polar surface area (TPSA) is 95.5 Å². The van der Waals surface area contributed by atoms with Crippen LogP contribution < -0.4 is 10.6 Å². The highest BCUT2D eigenvalue weighted by Gasteiger charge is 2.36. The lowest BCUT2D eigenvalue weighted by atomic mass is 9.79. The number of rotatable bonds is 6. The van der Waals surface area contributed by atoms with Crippen LogP contribution in [0.25, 0.3) is 0 Å². The number of aliphatic carboxylic acids is 1. The molecule has 0 saturated heterocycles. The molecular weight excluding hydrogens is 280 g/mol. The molecule has 6 nitrogen and oxygen atoms in total. The van der Waals surface area contributed by atoms with E-state index in [9.17, 15) is 13.8 Å². The second-order valence-corrected chi connectivity index (χ2v) is 7.13. The van der Waals surface area contributed by atoms with Crippen molar-refractivity contribution >= 4 is 22.8 Å². The molecule has 7 heteroatoms. The first-order chi connectivity index (χ1) is 9.33. The molecule has 1 aliphatic carbocycles. The van der Waals surface area contributed by atoms with Gasteiger partial charge in [-0.15, -0.1) is 0 Å². The summed E-state index contributed by atoms with van der Waals surface area (Å²) in [5, 5.41) is 14.6. The Bertz CT molecular complexity index is 381. The molecule has 1 aliphatic rings. The van der Waals surface area contributed by atoms with Gasteiger partial charge in [0.15, 0.2) is 0 Å². The molecule has 3 N–H and O–H groups in total. The molecule has 2 unspecified atom stereocenters. The number of carboxylic acids is 1. The number of amides is 2. The molecule has 116 valence electrons. The normalized spacial score (nSPS) is 20.7. The number of carbonyl (C=O) groups excluding carboxylic acids is 1. The van der Waals surface area contributed by atoms with E-state index in [-0.39, 0.29) is 18.5 Å². The maximum atomic E-state index is 12.0. The molecule has 1 saturated carbocycles. The fraction of sp³-hybridized carbons (Fsp3) is 0.846. The molecule has 0 heterocycles. The summed E-state index contributed by atoms with van der Waals surface area (Å²) in [6.45, 7) is 1.78. The average molecular weight is 304 g/mol. The Balaban J connectivity index is 2.58. The molecule has 2 amide bonds. The summed E-state index contributed by atoms with van der Waals surface area (Å²) in [6.07, 6.45) is 5.87. The minimum atomic E-state index is -0.975. The predicted octanol–water partition coefficient (Wildman–Crippen LogP) is 1.23. The highest BCUT2D eigenvalue weighted by molar-refractivity contribution is 7.84. The second kappa shape index (κ2) is 7.61. The monoisotopic (exact) mass is 304 g/mol. The van der Waals surface area contributed by atoms with Gasteiger partial charge in [-0.3, -0.25) is 9.00 Å². The molecule has 0 aromatic heterocycles. The van der Waals surface area contributed by atoms with Crippen molar-refractivity contribution < 1.29 is 18.9 Å². The van der Waals surface area contributed by atoms with Gasteiger partial charge in [0.05, 0.1) is 12.0 Å². The van der Waals surface area contributed by atoms with Crippen LogP contribution >= 0.6 is 0 Å². The van der Waals surface area contributed by atoms with E-state index in [1.165, 1.54) is 0 Å². The van der Waals surface area contributed by atoms with Crippen molar-refractivity contribution in [2.24, 2.45) is 0 Å². The second-order valence-electron chi connectivity index (χ2n) is 5.65. The number of carboxylic acid groups (broad SMARTS) is 1. The Morgan fingerprint density at radius 1 is 1.30 bits per heavy atom. The predicted molar refractivity (Wildman–Crippen MR) is 78.1 cm³/mol. The van der Waals surface area contributed by atoms with Crippen LogP contribution in [0.4, 0.5) is 4.79 Å². The minimum Gasteiger partial charge on any atom is -0.481 e. The number of hydrogen-bond donors (Lipinski definition) is 3. The first-order valence-electron chi connectivity index (χ1n) is 6.93. The third-order valence-electron chi connectivity index (χ3n) is 3.54. The van der Waals surface area contributed by atoms with Crippen LogP contribution in [0, 0.1) is 0 Å². The van der Waals surface area contributed by atoms with Crippen molar-refractivity contribution in [3.63, 3.8) is 0 Å². The van der Waals surface area contributed by atoms with Crippen molar-refractivity contribution in [1.29, 1.82) is 0 Å². The lowest BCUT2D eigenvalue weighted by Gasteiger charge is -2.37. The molecule has 0 bridgehead atoms. The Hall–Kier alpha value is -1.11. The van der Waals surface area contributed by atoms with E-state index in [0.717, 1.165) is 19.3 Å². The number of hydrogen-bond acceptors (Lipinski definition) is 3. The fourth-order valence-electron chi connectivity index (χ4n) is 2.76. The van der Waals surface area contributed by atoms with Gasteiger partial charge in [-0.1, -0.05) is 19.3 Å². The zero-order chi connectivity index (χ0) is 15.2. The molecule has 20 heavy (non-hydrogen) atoms. The summed E-state index contributed by atoms with van der Waals surface area (Å²) in [5.74, 6) is -0.505. The van der Waals surface area contributed by atoms with E-state index in [0.29, 0.717) is 18.6 Å². The largest absolute Gasteiger partial charge is 0.481 e. The zero-order valence-electron chi connectivity index (χ0n) is 12.1. The Morgan fingerprint density at radius 2 is 1.90 bits per heavy atom. The molecule has 1 rings (SSSR count). The van der Waals surface area contributed by atoms with Crippen LogP contribution in [0.5, 0.6) is 0 Å². The highest BCUT2D eigenvalue weighted by Crippen LogP contribution is 2.31. The SMILES string of the molecule is CC(CS(C)=O)NC(=O)NC1(CC(=O)O)CCCCC1. The van der Waals surface area contributed by atoms with Gasteiger partial charge < -0.3 is 15.7 Å². The maximum absolute atomic E-state index is 12.0. The van der Waals surface area contributed by atoms with Crippen molar-refractivity contribution in [2.75, 3.05) is 12.0 Å². The first kappa shape index (κ1) is 16.9. The van der Waals surface area contributed by atoms with Crippen molar-refractivity contribution in [1.82, 2.24) is 10.6 Å². The summed E-state index contributed by atoms with van der Waals surface area (Å²) in [5.41, 5.74) is -0.640. The highest BCUT2D eigenvalue weighted by atomic mass is 32.2. The Morgan fingerprint density at radius 3 is 2.40 bits per heavy atom. The van der Waals surface area contributed by atoms with E-state index in [1.54, 1.807) is 13.2 Å². The number of nitrogens with one attached hydrogen (secondary N) is 2. The molecular formula is C13H24N2O4S. The van der Waals surface area contributed by atoms with Crippen LogP contribution in [-0.2, 0) is 15.6 Å². The van der Waals surface area contributed by atoms with Crippen molar-refractivity contribution in [3.8, 4) is 0 Å². The van der Waals surface area contributed by atoms with Gasteiger partial charge in [0.1, 0.15) is 0 Å². The third-order valence-corrected chi connectivity index (χ3v) is 4.51. The first-order valence-corrected chi connectivity index (χ1v) is 8.66. The number of carbonyl (C=O) groups is 2. The van der Waals surface area contributed by atoms with Gasteiger partial charge in [-0.2, -0.15) is 0 Å². The summed E-state index contributed by atoms with van der Waals surface area (Å²) in [4.78, 5) is 23.0. The molecule has 0 aliphatic heterocycles. The molecule has 1 fully saturated rings. The van der Waals surface area contributed by atoms with Crippen LogP contribution in [0.1, 0.15) is 45.4 Å². The summed E-state index contributed by atoms with van der Waals surface area (Å²) in [6, 6.07) is -0.572. The minimum absolute atomic E-state index is 0.0471. The van der Waals surface area contributed by atoms with Gasteiger partial charge in [0, 0.05) is 28.9 Å². The lowest BCUT2D eigenvalue weighted by Crippen LogP contribution is -2.55. The van der Waals surface area contributed by atoms with Gasteiger partial charge in [0.25, 0.3) is 0 Å². The standard InChI is InChI=1S/C13H24N2O4S/c1-10(9-20(2)19)14-12(18)15-13(8-11(16)17)6-4-3-5-7-13/h10H,3-9H2,1-2H3,(H,16,17)(H2,14,15,18). The lowest BCUT2D eigenvalue weighted by molar-refractivity contribution is -0.139. The summed E-state index contributed by atoms with van der Waals surface area (Å²) in [7, 11) is -0.975. The van der Waals surface area contributed by atoms with Gasteiger partial charge >= 0.3 is 12.0 Å². The van der Waals surface area contributed by atoms with Gasteiger partial charge in [0.2, 0.25) is 0 Å². The summed E-state index contributed by atoms with van der Waals surface area (Å²) < 4.78 is 11.1. The quantitative estimate of drug-likeness (QED) is 0.688. The molecule has 0 spiro atoms. The van der Waals surface area contributed by atoms with E-state index in [2.05, 4.69) is 10.6 Å². The van der Waals surface area contributed by atoms with Gasteiger partial charge in [-0.05, 0) is 19.8 Å². The zero-order valence-corrected chi connectivity index (χ0v) is 12.9. The molecule has 2 atom stereocenters. The van der Waals surface area contributed by atoms with E-state index < -0.39 is 22.3 Å². The number of urea groups is 1. The van der Waals surface area contributed by atoms with Gasteiger partial charge in [-0.25, -0.2) is 4.79 Å². The Labute approximate surface area is 122 Å².